The van der Waals surface area contributed by atoms with Crippen molar-refractivity contribution in [1.29, 1.82) is 0 Å². The van der Waals surface area contributed by atoms with Crippen molar-refractivity contribution in [2.45, 2.75) is 19.3 Å². The largest absolute Gasteiger partial charge is 0.497 e. The van der Waals surface area contributed by atoms with Gasteiger partial charge in [-0.3, -0.25) is 9.59 Å². The number of hydrogen-bond donors (Lipinski definition) is 1. The number of ether oxygens (including phenoxy) is 1. The van der Waals surface area contributed by atoms with Crippen molar-refractivity contribution in [3.63, 3.8) is 0 Å². The second-order valence-corrected chi connectivity index (χ2v) is 5.65. The van der Waals surface area contributed by atoms with Crippen molar-refractivity contribution in [3.8, 4) is 5.75 Å². The van der Waals surface area contributed by atoms with Crippen LogP contribution in [0.3, 0.4) is 0 Å². The van der Waals surface area contributed by atoms with E-state index in [-0.39, 0.29) is 16.5 Å². The summed E-state index contributed by atoms with van der Waals surface area (Å²) in [7, 11) is 3.22. The van der Waals surface area contributed by atoms with Crippen LogP contribution in [-0.2, 0) is 18.3 Å². The number of carbonyl (C=O) groups is 1. The van der Waals surface area contributed by atoms with E-state index in [0.29, 0.717) is 12.1 Å². The summed E-state index contributed by atoms with van der Waals surface area (Å²) in [4.78, 5) is 23.4. The van der Waals surface area contributed by atoms with Gasteiger partial charge in [-0.25, -0.2) is 0 Å². The van der Waals surface area contributed by atoms with Crippen molar-refractivity contribution in [3.05, 3.63) is 57.5 Å². The molecule has 0 saturated heterocycles. The molecule has 0 aliphatic rings. The highest BCUT2D eigenvalue weighted by Gasteiger charge is 2.06. The summed E-state index contributed by atoms with van der Waals surface area (Å²) in [6, 6.07) is 9.25. The number of carbonyl (C=O) groups excluding carboxylic acids is 1. The number of nitrogens with zero attached hydrogens (tertiary/aromatic N) is 1. The van der Waals surface area contributed by atoms with Gasteiger partial charge in [-0.1, -0.05) is 23.7 Å². The molecule has 0 saturated carbocycles. The van der Waals surface area contributed by atoms with Crippen LogP contribution in [0.4, 0.5) is 5.69 Å². The number of amides is 1. The fourth-order valence-electron chi connectivity index (χ4n) is 2.21. The maximum atomic E-state index is 11.9. The lowest BCUT2D eigenvalue weighted by Gasteiger charge is -2.08. The first-order chi connectivity index (χ1) is 11.0. The van der Waals surface area contributed by atoms with Crippen LogP contribution in [0, 0.1) is 0 Å². The normalized spacial score (nSPS) is 10.4. The monoisotopic (exact) mass is 334 g/mol. The molecule has 6 heteroatoms. The van der Waals surface area contributed by atoms with Gasteiger partial charge in [-0.15, -0.1) is 0 Å². The van der Waals surface area contributed by atoms with Crippen LogP contribution >= 0.6 is 11.6 Å². The maximum Gasteiger partial charge on any atom is 0.269 e. The average molecular weight is 335 g/mol. The zero-order valence-corrected chi connectivity index (χ0v) is 13.9. The van der Waals surface area contributed by atoms with Gasteiger partial charge in [-0.05, 0) is 36.6 Å². The second kappa shape index (κ2) is 7.83. The van der Waals surface area contributed by atoms with Crippen LogP contribution in [-0.4, -0.2) is 17.6 Å². The van der Waals surface area contributed by atoms with E-state index >= 15 is 0 Å². The zero-order chi connectivity index (χ0) is 16.8. The maximum absolute atomic E-state index is 11.9. The Labute approximate surface area is 139 Å². The van der Waals surface area contributed by atoms with Crippen LogP contribution < -0.4 is 15.6 Å². The van der Waals surface area contributed by atoms with E-state index in [2.05, 4.69) is 5.32 Å². The Bertz CT molecular complexity index is 712. The molecule has 2 rings (SSSR count). The molecule has 23 heavy (non-hydrogen) atoms. The molecule has 0 aliphatic carbocycles. The molecular formula is C17H19ClN2O3. The SMILES string of the molecule is COc1ccc(CCCC(=O)Nc2cc(Cl)c(=O)n(C)c2)cc1. The number of hydrogen-bond acceptors (Lipinski definition) is 3. The van der Waals surface area contributed by atoms with Gasteiger partial charge in [0.05, 0.1) is 12.8 Å². The molecule has 0 atom stereocenters. The molecule has 2 aromatic rings. The van der Waals surface area contributed by atoms with E-state index in [4.69, 9.17) is 16.3 Å². The summed E-state index contributed by atoms with van der Waals surface area (Å²) >= 11 is 5.82. The Morgan fingerprint density at radius 3 is 2.61 bits per heavy atom. The van der Waals surface area contributed by atoms with Crippen LogP contribution in [0.15, 0.2) is 41.3 Å². The molecule has 0 radical (unpaired) electrons. The van der Waals surface area contributed by atoms with Gasteiger partial charge in [-0.2, -0.15) is 0 Å². The Morgan fingerprint density at radius 1 is 1.30 bits per heavy atom. The third kappa shape index (κ3) is 4.86. The molecule has 5 nitrogen and oxygen atoms in total. The standard InChI is InChI=1S/C17H19ClN2O3/c1-20-11-13(10-15(18)17(20)22)19-16(21)5-3-4-12-6-8-14(23-2)9-7-12/h6-11H,3-5H2,1-2H3,(H,19,21). The van der Waals surface area contributed by atoms with Crippen LogP contribution in [0.1, 0.15) is 18.4 Å². The van der Waals surface area contributed by atoms with Crippen molar-refractivity contribution in [2.24, 2.45) is 7.05 Å². The highest BCUT2D eigenvalue weighted by molar-refractivity contribution is 6.30. The predicted molar refractivity (Wildman–Crippen MR) is 91.3 cm³/mol. The molecule has 1 heterocycles. The molecule has 0 aliphatic heterocycles. The van der Waals surface area contributed by atoms with Gasteiger partial charge in [0.1, 0.15) is 10.8 Å². The van der Waals surface area contributed by atoms with Gasteiger partial charge in [0, 0.05) is 19.7 Å². The number of halogens is 1. The molecule has 0 unspecified atom stereocenters. The highest BCUT2D eigenvalue weighted by atomic mass is 35.5. The van der Waals surface area contributed by atoms with Crippen LogP contribution in [0.5, 0.6) is 5.75 Å². The van der Waals surface area contributed by atoms with Crippen molar-refractivity contribution >= 4 is 23.2 Å². The van der Waals surface area contributed by atoms with Crippen LogP contribution in [0.2, 0.25) is 5.02 Å². The molecular weight excluding hydrogens is 316 g/mol. The summed E-state index contributed by atoms with van der Waals surface area (Å²) < 4.78 is 6.45. The lowest BCUT2D eigenvalue weighted by Crippen LogP contribution is -2.19. The van der Waals surface area contributed by atoms with Crippen molar-refractivity contribution in [2.75, 3.05) is 12.4 Å². The minimum atomic E-state index is -0.288. The summed E-state index contributed by atoms with van der Waals surface area (Å²) in [5.74, 6) is 0.714. The van der Waals surface area contributed by atoms with E-state index in [1.165, 1.54) is 10.6 Å². The fraction of sp³-hybridized carbons (Fsp3) is 0.294. The number of pyridine rings is 1. The Balaban J connectivity index is 1.84. The number of benzene rings is 1. The van der Waals surface area contributed by atoms with E-state index in [1.807, 2.05) is 24.3 Å². The first-order valence-corrected chi connectivity index (χ1v) is 7.66. The van der Waals surface area contributed by atoms with Gasteiger partial charge >= 0.3 is 0 Å². The molecule has 1 amide bonds. The summed E-state index contributed by atoms with van der Waals surface area (Å²) in [5, 5.41) is 2.84. The fourth-order valence-corrected chi connectivity index (χ4v) is 2.46. The molecule has 1 N–H and O–H groups in total. The second-order valence-electron chi connectivity index (χ2n) is 5.24. The third-order valence-electron chi connectivity index (χ3n) is 3.45. The van der Waals surface area contributed by atoms with Gasteiger partial charge in [0.25, 0.3) is 5.56 Å². The quantitative estimate of drug-likeness (QED) is 0.883. The number of nitrogens with one attached hydrogen (secondary N) is 1. The van der Waals surface area contributed by atoms with E-state index in [1.54, 1.807) is 20.4 Å². The third-order valence-corrected chi connectivity index (χ3v) is 3.72. The summed E-state index contributed by atoms with van der Waals surface area (Å²) in [6.07, 6.45) is 3.49. The van der Waals surface area contributed by atoms with Crippen molar-refractivity contribution in [1.82, 2.24) is 4.57 Å². The van der Waals surface area contributed by atoms with E-state index in [9.17, 15) is 9.59 Å². The van der Waals surface area contributed by atoms with E-state index < -0.39 is 0 Å². The summed E-state index contributed by atoms with van der Waals surface area (Å²) in [6.45, 7) is 0. The lowest BCUT2D eigenvalue weighted by atomic mass is 10.1. The van der Waals surface area contributed by atoms with E-state index in [0.717, 1.165) is 24.2 Å². The number of anilines is 1. The number of aryl methyl sites for hydroxylation is 2. The first-order valence-electron chi connectivity index (χ1n) is 7.28. The zero-order valence-electron chi connectivity index (χ0n) is 13.1. The average Bonchev–Trinajstić information content (AvgIpc) is 2.53. The molecule has 0 bridgehead atoms. The Hall–Kier alpha value is -2.27. The lowest BCUT2D eigenvalue weighted by molar-refractivity contribution is -0.116. The number of methoxy groups -OCH3 is 1. The molecule has 0 spiro atoms. The Kier molecular flexibility index (Phi) is 5.82. The predicted octanol–water partition coefficient (Wildman–Crippen LogP) is 3.01. The molecule has 1 aromatic carbocycles. The van der Waals surface area contributed by atoms with Crippen molar-refractivity contribution < 1.29 is 9.53 Å². The minimum absolute atomic E-state index is 0.0866. The molecule has 0 fully saturated rings. The van der Waals surface area contributed by atoms with Gasteiger partial charge < -0.3 is 14.6 Å². The van der Waals surface area contributed by atoms with Crippen LogP contribution in [0.25, 0.3) is 0 Å². The number of rotatable bonds is 6. The molecule has 122 valence electrons. The number of aromatic nitrogens is 1. The topological polar surface area (TPSA) is 60.3 Å². The van der Waals surface area contributed by atoms with Gasteiger partial charge in [0.15, 0.2) is 0 Å². The summed E-state index contributed by atoms with van der Waals surface area (Å²) in [5.41, 5.74) is 1.39. The first kappa shape index (κ1) is 17.1. The molecule has 1 aromatic heterocycles. The highest BCUT2D eigenvalue weighted by Crippen LogP contribution is 2.14. The Morgan fingerprint density at radius 2 is 2.00 bits per heavy atom. The minimum Gasteiger partial charge on any atom is -0.497 e. The smallest absolute Gasteiger partial charge is 0.269 e. The van der Waals surface area contributed by atoms with Gasteiger partial charge in [0.2, 0.25) is 5.91 Å².